The Kier molecular flexibility index (Phi) is 2.22. The van der Waals surface area contributed by atoms with Gasteiger partial charge in [-0.3, -0.25) is 0 Å². The van der Waals surface area contributed by atoms with Crippen molar-refractivity contribution in [2.45, 2.75) is 46.1 Å². The van der Waals surface area contributed by atoms with Crippen molar-refractivity contribution in [1.82, 2.24) is 9.97 Å². The molecular weight excluding hydrogens is 210 g/mol. The summed E-state index contributed by atoms with van der Waals surface area (Å²) in [5.74, 6) is 0.870. The molecule has 3 heteroatoms. The molecule has 0 aliphatic heterocycles. The smallest absolute Gasteiger partial charge is 0.115 e. The van der Waals surface area contributed by atoms with Crippen LogP contribution in [-0.4, -0.2) is 16.0 Å². The van der Waals surface area contributed by atoms with Gasteiger partial charge < -0.3 is 5.32 Å². The molecule has 0 saturated heterocycles. The molecule has 3 nitrogen and oxygen atoms in total. The molecule has 3 rings (SSSR count). The van der Waals surface area contributed by atoms with Gasteiger partial charge in [-0.1, -0.05) is 20.8 Å². The first kappa shape index (κ1) is 11.0. The topological polar surface area (TPSA) is 37.8 Å². The van der Waals surface area contributed by atoms with Gasteiger partial charge in [0.1, 0.15) is 6.33 Å². The fourth-order valence-corrected chi connectivity index (χ4v) is 4.20. The van der Waals surface area contributed by atoms with E-state index in [0.717, 1.165) is 11.6 Å². The number of anilines is 1. The second-order valence-corrected chi connectivity index (χ2v) is 6.62. The molecule has 0 aromatic carbocycles. The third-order valence-corrected chi connectivity index (χ3v) is 5.14. The molecule has 2 fully saturated rings. The number of rotatable bonds is 2. The summed E-state index contributed by atoms with van der Waals surface area (Å²) in [6.45, 7) is 7.25. The first-order chi connectivity index (χ1) is 8.02. The minimum Gasteiger partial charge on any atom is -0.379 e. The lowest BCUT2D eigenvalue weighted by atomic mass is 9.68. The summed E-state index contributed by atoms with van der Waals surface area (Å²) in [5.41, 5.74) is 1.88. The number of nitrogens with zero attached hydrogens (tertiary/aromatic N) is 2. The van der Waals surface area contributed by atoms with E-state index < -0.39 is 0 Å². The molecule has 0 amide bonds. The zero-order valence-corrected chi connectivity index (χ0v) is 10.9. The third kappa shape index (κ3) is 1.55. The first-order valence-corrected chi connectivity index (χ1v) is 6.54. The third-order valence-electron chi connectivity index (χ3n) is 5.14. The summed E-state index contributed by atoms with van der Waals surface area (Å²) in [4.78, 5) is 8.17. The van der Waals surface area contributed by atoms with Gasteiger partial charge in [-0.2, -0.15) is 0 Å². The van der Waals surface area contributed by atoms with Gasteiger partial charge in [0.25, 0.3) is 0 Å². The summed E-state index contributed by atoms with van der Waals surface area (Å²) in [7, 11) is 0. The molecule has 2 aliphatic rings. The summed E-state index contributed by atoms with van der Waals surface area (Å²) in [6, 6.07) is 0.541. The van der Waals surface area contributed by atoms with Gasteiger partial charge in [0, 0.05) is 6.04 Å². The quantitative estimate of drug-likeness (QED) is 0.850. The highest BCUT2D eigenvalue weighted by molar-refractivity contribution is 5.41. The van der Waals surface area contributed by atoms with Crippen LogP contribution in [0.1, 0.15) is 40.0 Å². The van der Waals surface area contributed by atoms with E-state index in [-0.39, 0.29) is 0 Å². The standard InChI is InChI=1S/C14H21N3/c1-13(2)10-4-5-14(3,6-10)12(13)17-11-7-15-9-16-8-11/h7-10,12,17H,4-6H2,1-3H3. The van der Waals surface area contributed by atoms with E-state index in [1.165, 1.54) is 19.3 Å². The maximum Gasteiger partial charge on any atom is 0.115 e. The Balaban J connectivity index is 1.88. The highest BCUT2D eigenvalue weighted by Gasteiger charge is 2.59. The van der Waals surface area contributed by atoms with E-state index in [4.69, 9.17) is 0 Å². The minimum atomic E-state index is 0.378. The zero-order chi connectivity index (χ0) is 12.1. The lowest BCUT2D eigenvalue weighted by Gasteiger charge is -2.43. The van der Waals surface area contributed by atoms with Crippen molar-refractivity contribution >= 4 is 5.69 Å². The van der Waals surface area contributed by atoms with Crippen LogP contribution >= 0.6 is 0 Å². The van der Waals surface area contributed by atoms with Gasteiger partial charge in [-0.15, -0.1) is 0 Å². The largest absolute Gasteiger partial charge is 0.379 e. The van der Waals surface area contributed by atoms with E-state index in [9.17, 15) is 0 Å². The highest BCUT2D eigenvalue weighted by atomic mass is 15.0. The molecule has 2 saturated carbocycles. The molecule has 3 unspecified atom stereocenters. The fraction of sp³-hybridized carbons (Fsp3) is 0.714. The second-order valence-electron chi connectivity index (χ2n) is 6.62. The molecule has 2 bridgehead atoms. The molecule has 0 spiro atoms. The molecular formula is C14H21N3. The number of fused-ring (bicyclic) bond motifs is 2. The predicted molar refractivity (Wildman–Crippen MR) is 68.7 cm³/mol. The lowest BCUT2D eigenvalue weighted by Crippen LogP contribution is -2.45. The van der Waals surface area contributed by atoms with Crippen LogP contribution in [0.2, 0.25) is 0 Å². The van der Waals surface area contributed by atoms with Crippen LogP contribution in [0.3, 0.4) is 0 Å². The Bertz CT molecular complexity index is 410. The molecule has 17 heavy (non-hydrogen) atoms. The molecule has 92 valence electrons. The van der Waals surface area contributed by atoms with Crippen LogP contribution < -0.4 is 5.32 Å². The summed E-state index contributed by atoms with van der Waals surface area (Å²) in [5, 5.41) is 3.68. The van der Waals surface area contributed by atoms with E-state index in [0.29, 0.717) is 16.9 Å². The van der Waals surface area contributed by atoms with Crippen LogP contribution in [0.4, 0.5) is 5.69 Å². The molecule has 1 N–H and O–H groups in total. The van der Waals surface area contributed by atoms with Gasteiger partial charge in [0.15, 0.2) is 0 Å². The molecule has 1 aromatic rings. The summed E-state index contributed by atoms with van der Waals surface area (Å²) in [6.07, 6.45) is 9.44. The molecule has 1 heterocycles. The average Bonchev–Trinajstić information content (AvgIpc) is 2.77. The maximum atomic E-state index is 4.09. The Morgan fingerprint density at radius 3 is 2.53 bits per heavy atom. The number of aromatic nitrogens is 2. The Labute approximate surface area is 103 Å². The molecule has 0 radical (unpaired) electrons. The molecule has 3 atom stereocenters. The van der Waals surface area contributed by atoms with Crippen molar-refractivity contribution in [3.63, 3.8) is 0 Å². The van der Waals surface area contributed by atoms with Crippen molar-refractivity contribution in [3.05, 3.63) is 18.7 Å². The Morgan fingerprint density at radius 1 is 1.24 bits per heavy atom. The van der Waals surface area contributed by atoms with Crippen molar-refractivity contribution in [3.8, 4) is 0 Å². The van der Waals surface area contributed by atoms with Crippen molar-refractivity contribution in [1.29, 1.82) is 0 Å². The SMILES string of the molecule is CC12CCC(C1)C(C)(C)C2Nc1cncnc1. The van der Waals surface area contributed by atoms with E-state index in [1.807, 2.05) is 12.4 Å². The monoisotopic (exact) mass is 231 g/mol. The zero-order valence-electron chi connectivity index (χ0n) is 10.9. The van der Waals surface area contributed by atoms with Gasteiger partial charge in [0.2, 0.25) is 0 Å². The van der Waals surface area contributed by atoms with Crippen LogP contribution in [0.5, 0.6) is 0 Å². The number of hydrogen-bond donors (Lipinski definition) is 1. The minimum absolute atomic E-state index is 0.378. The van der Waals surface area contributed by atoms with Crippen molar-refractivity contribution in [2.75, 3.05) is 5.32 Å². The van der Waals surface area contributed by atoms with E-state index in [2.05, 4.69) is 36.1 Å². The van der Waals surface area contributed by atoms with Gasteiger partial charge in [-0.05, 0) is 36.0 Å². The fourth-order valence-electron chi connectivity index (χ4n) is 4.20. The second kappa shape index (κ2) is 3.44. The van der Waals surface area contributed by atoms with Crippen LogP contribution in [-0.2, 0) is 0 Å². The van der Waals surface area contributed by atoms with Gasteiger partial charge in [0.05, 0.1) is 18.1 Å². The van der Waals surface area contributed by atoms with Gasteiger partial charge >= 0.3 is 0 Å². The molecule has 1 aromatic heterocycles. The average molecular weight is 231 g/mol. The van der Waals surface area contributed by atoms with Crippen LogP contribution in [0.15, 0.2) is 18.7 Å². The first-order valence-electron chi connectivity index (χ1n) is 6.54. The summed E-state index contributed by atoms with van der Waals surface area (Å²) >= 11 is 0. The van der Waals surface area contributed by atoms with Gasteiger partial charge in [-0.25, -0.2) is 9.97 Å². The predicted octanol–water partition coefficient (Wildman–Crippen LogP) is 3.10. The Hall–Kier alpha value is -1.12. The maximum absolute atomic E-state index is 4.09. The summed E-state index contributed by atoms with van der Waals surface area (Å²) < 4.78 is 0. The number of nitrogens with one attached hydrogen (secondary N) is 1. The van der Waals surface area contributed by atoms with Crippen LogP contribution in [0.25, 0.3) is 0 Å². The number of hydrogen-bond acceptors (Lipinski definition) is 3. The molecule has 2 aliphatic carbocycles. The lowest BCUT2D eigenvalue weighted by molar-refractivity contribution is 0.155. The highest BCUT2D eigenvalue weighted by Crippen LogP contribution is 2.63. The van der Waals surface area contributed by atoms with Crippen LogP contribution in [0, 0.1) is 16.7 Å². The normalized spacial score (nSPS) is 38.3. The van der Waals surface area contributed by atoms with E-state index >= 15 is 0 Å². The van der Waals surface area contributed by atoms with Crippen molar-refractivity contribution in [2.24, 2.45) is 16.7 Å². The van der Waals surface area contributed by atoms with E-state index in [1.54, 1.807) is 6.33 Å². The Morgan fingerprint density at radius 2 is 1.94 bits per heavy atom. The van der Waals surface area contributed by atoms with Crippen molar-refractivity contribution < 1.29 is 0 Å².